The van der Waals surface area contributed by atoms with E-state index in [9.17, 15) is 9.59 Å². The lowest BCUT2D eigenvalue weighted by molar-refractivity contribution is -0.124. The molecule has 2 amide bonds. The standard InChI is InChI=1S/C20H25N5O3/c26-19(16-10-17(28-25-16)14-3-4-14)24-18(15-5-8-21-9-6-15)20(27)23-12-13-2-1-7-22-11-13/h1-2,7,10-11,14-15,18,21H,3-6,8-9,12H2,(H,23,27)(H,24,26). The first-order chi connectivity index (χ1) is 13.7. The predicted octanol–water partition coefficient (Wildman–Crippen LogP) is 1.36. The molecule has 0 spiro atoms. The van der Waals surface area contributed by atoms with E-state index < -0.39 is 6.04 Å². The van der Waals surface area contributed by atoms with Gasteiger partial charge in [-0.15, -0.1) is 0 Å². The van der Waals surface area contributed by atoms with Gasteiger partial charge in [0.15, 0.2) is 5.69 Å². The van der Waals surface area contributed by atoms with E-state index in [1.807, 2.05) is 12.1 Å². The third kappa shape index (κ3) is 4.56. The second-order valence-corrected chi connectivity index (χ2v) is 7.51. The Morgan fingerprint density at radius 1 is 1.25 bits per heavy atom. The molecule has 8 nitrogen and oxygen atoms in total. The van der Waals surface area contributed by atoms with Gasteiger partial charge in [-0.3, -0.25) is 14.6 Å². The van der Waals surface area contributed by atoms with E-state index in [-0.39, 0.29) is 23.4 Å². The van der Waals surface area contributed by atoms with Crippen LogP contribution in [0.25, 0.3) is 0 Å². The third-order valence-corrected chi connectivity index (χ3v) is 5.35. The minimum atomic E-state index is -0.604. The molecule has 1 aliphatic carbocycles. The van der Waals surface area contributed by atoms with E-state index in [0.717, 1.165) is 50.1 Å². The van der Waals surface area contributed by atoms with Crippen molar-refractivity contribution in [1.29, 1.82) is 0 Å². The van der Waals surface area contributed by atoms with Crippen molar-refractivity contribution in [3.05, 3.63) is 47.6 Å². The van der Waals surface area contributed by atoms with Crippen LogP contribution in [0.15, 0.2) is 35.1 Å². The first-order valence-corrected chi connectivity index (χ1v) is 9.85. The lowest BCUT2D eigenvalue weighted by atomic mass is 9.89. The molecule has 8 heteroatoms. The molecule has 3 heterocycles. The molecular weight excluding hydrogens is 358 g/mol. The topological polar surface area (TPSA) is 109 Å². The van der Waals surface area contributed by atoms with Crippen LogP contribution >= 0.6 is 0 Å². The van der Waals surface area contributed by atoms with Crippen LogP contribution in [0.5, 0.6) is 0 Å². The van der Waals surface area contributed by atoms with Gasteiger partial charge in [0.25, 0.3) is 5.91 Å². The summed E-state index contributed by atoms with van der Waals surface area (Å²) < 4.78 is 5.27. The second-order valence-electron chi connectivity index (χ2n) is 7.51. The number of hydrogen-bond acceptors (Lipinski definition) is 6. The van der Waals surface area contributed by atoms with Gasteiger partial charge in [-0.1, -0.05) is 11.2 Å². The van der Waals surface area contributed by atoms with E-state index in [0.29, 0.717) is 12.5 Å². The molecular formula is C20H25N5O3. The van der Waals surface area contributed by atoms with Crippen molar-refractivity contribution in [1.82, 2.24) is 26.1 Å². The van der Waals surface area contributed by atoms with Gasteiger partial charge < -0.3 is 20.5 Å². The molecule has 3 N–H and O–H groups in total. The number of pyridine rings is 1. The molecule has 1 unspecified atom stereocenters. The number of aromatic nitrogens is 2. The molecule has 2 aromatic heterocycles. The quantitative estimate of drug-likeness (QED) is 0.666. The zero-order valence-electron chi connectivity index (χ0n) is 15.7. The highest BCUT2D eigenvalue weighted by Crippen LogP contribution is 2.40. The normalized spacial score (nSPS) is 18.4. The van der Waals surface area contributed by atoms with Crippen molar-refractivity contribution in [2.24, 2.45) is 5.92 Å². The lowest BCUT2D eigenvalue weighted by Gasteiger charge is -2.30. The van der Waals surface area contributed by atoms with E-state index in [2.05, 4.69) is 26.1 Å². The summed E-state index contributed by atoms with van der Waals surface area (Å²) in [6, 6.07) is 4.82. The van der Waals surface area contributed by atoms with Crippen molar-refractivity contribution >= 4 is 11.8 Å². The van der Waals surface area contributed by atoms with Crippen molar-refractivity contribution < 1.29 is 14.1 Å². The van der Waals surface area contributed by atoms with Crippen LogP contribution in [0.4, 0.5) is 0 Å². The number of amides is 2. The molecule has 1 saturated heterocycles. The molecule has 1 saturated carbocycles. The van der Waals surface area contributed by atoms with Crippen LogP contribution in [0.3, 0.4) is 0 Å². The van der Waals surface area contributed by atoms with E-state index in [4.69, 9.17) is 4.52 Å². The summed E-state index contributed by atoms with van der Waals surface area (Å²) in [4.78, 5) is 29.6. The van der Waals surface area contributed by atoms with Crippen LogP contribution in [0.1, 0.15) is 53.4 Å². The highest BCUT2D eigenvalue weighted by atomic mass is 16.5. The highest BCUT2D eigenvalue weighted by Gasteiger charge is 2.33. The maximum absolute atomic E-state index is 12.9. The molecule has 4 rings (SSSR count). The van der Waals surface area contributed by atoms with Gasteiger partial charge in [0.1, 0.15) is 11.8 Å². The summed E-state index contributed by atoms with van der Waals surface area (Å²) >= 11 is 0. The Balaban J connectivity index is 1.42. The number of carbonyl (C=O) groups is 2. The SMILES string of the molecule is O=C(NC(C(=O)NCc1cccnc1)C1CCNCC1)c1cc(C2CC2)on1. The number of hydrogen-bond donors (Lipinski definition) is 3. The predicted molar refractivity (Wildman–Crippen MR) is 101 cm³/mol. The fourth-order valence-corrected chi connectivity index (χ4v) is 3.55. The lowest BCUT2D eigenvalue weighted by Crippen LogP contribution is -2.52. The molecule has 0 aromatic carbocycles. The average Bonchev–Trinajstić information content (AvgIpc) is 3.48. The molecule has 148 valence electrons. The summed E-state index contributed by atoms with van der Waals surface area (Å²) in [5.74, 6) is 0.668. The van der Waals surface area contributed by atoms with Gasteiger partial charge in [-0.25, -0.2) is 0 Å². The smallest absolute Gasteiger partial charge is 0.274 e. The number of rotatable bonds is 7. The molecule has 1 aliphatic heterocycles. The molecule has 2 aromatic rings. The Bertz CT molecular complexity index is 812. The largest absolute Gasteiger partial charge is 0.360 e. The van der Waals surface area contributed by atoms with Crippen molar-refractivity contribution in [2.75, 3.05) is 13.1 Å². The van der Waals surface area contributed by atoms with Crippen molar-refractivity contribution in [3.8, 4) is 0 Å². The first kappa shape index (κ1) is 18.6. The Morgan fingerprint density at radius 2 is 2.07 bits per heavy atom. The maximum Gasteiger partial charge on any atom is 0.274 e. The monoisotopic (exact) mass is 383 g/mol. The van der Waals surface area contributed by atoms with E-state index in [1.165, 1.54) is 0 Å². The van der Waals surface area contributed by atoms with Crippen LogP contribution in [-0.4, -0.2) is 41.1 Å². The Morgan fingerprint density at radius 3 is 2.79 bits per heavy atom. The summed E-state index contributed by atoms with van der Waals surface area (Å²) in [6.07, 6.45) is 7.22. The highest BCUT2D eigenvalue weighted by molar-refractivity contribution is 5.96. The number of piperidine rings is 1. The second kappa shape index (κ2) is 8.52. The fraction of sp³-hybridized carbons (Fsp3) is 0.500. The van der Waals surface area contributed by atoms with Crippen LogP contribution < -0.4 is 16.0 Å². The van der Waals surface area contributed by atoms with Gasteiger partial charge >= 0.3 is 0 Å². The van der Waals surface area contributed by atoms with Gasteiger partial charge in [-0.2, -0.15) is 0 Å². The van der Waals surface area contributed by atoms with Gasteiger partial charge in [0.05, 0.1) is 0 Å². The number of nitrogens with zero attached hydrogens (tertiary/aromatic N) is 2. The van der Waals surface area contributed by atoms with Gasteiger partial charge in [0.2, 0.25) is 5.91 Å². The van der Waals surface area contributed by atoms with Crippen LogP contribution in [0, 0.1) is 5.92 Å². The summed E-state index contributed by atoms with van der Waals surface area (Å²) in [5, 5.41) is 13.0. The molecule has 0 bridgehead atoms. The first-order valence-electron chi connectivity index (χ1n) is 9.85. The van der Waals surface area contributed by atoms with Crippen molar-refractivity contribution in [3.63, 3.8) is 0 Å². The summed E-state index contributed by atoms with van der Waals surface area (Å²) in [7, 11) is 0. The zero-order valence-corrected chi connectivity index (χ0v) is 15.7. The minimum Gasteiger partial charge on any atom is -0.360 e. The Labute approximate surface area is 163 Å². The number of carbonyl (C=O) groups excluding carboxylic acids is 2. The van der Waals surface area contributed by atoms with Crippen molar-refractivity contribution in [2.45, 2.75) is 44.2 Å². The Kier molecular flexibility index (Phi) is 5.66. The van der Waals surface area contributed by atoms with Gasteiger partial charge in [0, 0.05) is 30.9 Å². The molecule has 28 heavy (non-hydrogen) atoms. The molecule has 2 fully saturated rings. The van der Waals surface area contributed by atoms with Crippen LogP contribution in [-0.2, 0) is 11.3 Å². The summed E-state index contributed by atoms with van der Waals surface area (Å²) in [5.41, 5.74) is 1.15. The Hall–Kier alpha value is -2.74. The summed E-state index contributed by atoms with van der Waals surface area (Å²) in [6.45, 7) is 2.05. The third-order valence-electron chi connectivity index (χ3n) is 5.35. The number of nitrogens with one attached hydrogen (secondary N) is 3. The maximum atomic E-state index is 12.9. The fourth-order valence-electron chi connectivity index (χ4n) is 3.55. The zero-order chi connectivity index (χ0) is 19.3. The van der Waals surface area contributed by atoms with Crippen LogP contribution in [0.2, 0.25) is 0 Å². The van der Waals surface area contributed by atoms with Gasteiger partial charge in [-0.05, 0) is 56.3 Å². The molecule has 0 radical (unpaired) electrons. The van der Waals surface area contributed by atoms with E-state index >= 15 is 0 Å². The minimum absolute atomic E-state index is 0.0777. The molecule has 1 atom stereocenters. The van der Waals surface area contributed by atoms with E-state index in [1.54, 1.807) is 18.5 Å². The average molecular weight is 383 g/mol. The molecule has 2 aliphatic rings.